The highest BCUT2D eigenvalue weighted by Gasteiger charge is 2.30. The molecule has 1 fully saturated rings. The van der Waals surface area contributed by atoms with Crippen LogP contribution in [0.2, 0.25) is 0 Å². The number of amides is 2. The zero-order chi connectivity index (χ0) is 19.4. The van der Waals surface area contributed by atoms with E-state index in [2.05, 4.69) is 0 Å². The Morgan fingerprint density at radius 2 is 2.08 bits per heavy atom. The van der Waals surface area contributed by atoms with Gasteiger partial charge in [-0.25, -0.2) is 0 Å². The van der Waals surface area contributed by atoms with Crippen LogP contribution < -0.4 is 0 Å². The number of aryl methyl sites for hydroxylation is 1. The molecular formula is C17H21N3O6. The lowest BCUT2D eigenvalue weighted by atomic mass is 9.98. The minimum atomic E-state index is -0.942. The van der Waals surface area contributed by atoms with Crippen molar-refractivity contribution in [2.45, 2.75) is 19.8 Å². The van der Waals surface area contributed by atoms with Crippen molar-refractivity contribution in [3.63, 3.8) is 0 Å². The molecule has 9 heteroatoms. The van der Waals surface area contributed by atoms with E-state index in [1.165, 1.54) is 18.0 Å². The Kier molecular flexibility index (Phi) is 5.91. The second-order valence-corrected chi connectivity index (χ2v) is 6.41. The van der Waals surface area contributed by atoms with Crippen molar-refractivity contribution in [2.24, 2.45) is 5.92 Å². The maximum atomic E-state index is 12.6. The number of aliphatic carboxylic acids is 1. The molecule has 9 nitrogen and oxygen atoms in total. The molecule has 0 saturated carbocycles. The molecule has 1 aromatic carbocycles. The van der Waals surface area contributed by atoms with Crippen LogP contribution in [0.4, 0.5) is 5.69 Å². The second kappa shape index (κ2) is 7.94. The van der Waals surface area contributed by atoms with Crippen molar-refractivity contribution in [3.8, 4) is 0 Å². The Morgan fingerprint density at radius 3 is 2.69 bits per heavy atom. The van der Waals surface area contributed by atoms with E-state index >= 15 is 0 Å². The zero-order valence-corrected chi connectivity index (χ0v) is 14.7. The summed E-state index contributed by atoms with van der Waals surface area (Å²) >= 11 is 0. The van der Waals surface area contributed by atoms with Gasteiger partial charge in [0, 0.05) is 25.7 Å². The summed E-state index contributed by atoms with van der Waals surface area (Å²) < 4.78 is 0. The normalized spacial score (nSPS) is 16.8. The van der Waals surface area contributed by atoms with Crippen LogP contribution in [0.3, 0.4) is 0 Å². The third kappa shape index (κ3) is 4.16. The van der Waals surface area contributed by atoms with Gasteiger partial charge in [0.2, 0.25) is 5.91 Å². The highest BCUT2D eigenvalue weighted by Crippen LogP contribution is 2.24. The third-order valence-corrected chi connectivity index (χ3v) is 4.49. The lowest BCUT2D eigenvalue weighted by molar-refractivity contribution is -0.385. The first kappa shape index (κ1) is 19.4. The number of carbonyl (C=O) groups is 3. The Labute approximate surface area is 150 Å². The fraction of sp³-hybridized carbons (Fsp3) is 0.471. The summed E-state index contributed by atoms with van der Waals surface area (Å²) in [5.41, 5.74) is 0.00831. The summed E-state index contributed by atoms with van der Waals surface area (Å²) in [6.07, 6.45) is 1.10. The predicted molar refractivity (Wildman–Crippen MR) is 91.7 cm³/mol. The van der Waals surface area contributed by atoms with Crippen molar-refractivity contribution in [2.75, 3.05) is 26.7 Å². The minimum Gasteiger partial charge on any atom is -0.481 e. The van der Waals surface area contributed by atoms with Crippen molar-refractivity contribution < 1.29 is 24.4 Å². The first-order valence-electron chi connectivity index (χ1n) is 8.22. The van der Waals surface area contributed by atoms with E-state index in [4.69, 9.17) is 5.11 Å². The Hall–Kier alpha value is -2.97. The molecular weight excluding hydrogens is 342 g/mol. The summed E-state index contributed by atoms with van der Waals surface area (Å²) in [4.78, 5) is 49.3. The van der Waals surface area contributed by atoms with E-state index in [1.54, 1.807) is 19.1 Å². The highest BCUT2D eigenvalue weighted by molar-refractivity contribution is 6.00. The van der Waals surface area contributed by atoms with Crippen molar-refractivity contribution in [3.05, 3.63) is 39.4 Å². The van der Waals surface area contributed by atoms with Crippen LogP contribution >= 0.6 is 0 Å². The summed E-state index contributed by atoms with van der Waals surface area (Å²) in [7, 11) is 1.39. The van der Waals surface area contributed by atoms with E-state index in [0.717, 1.165) is 4.90 Å². The number of carbonyl (C=O) groups excluding carboxylic acids is 2. The van der Waals surface area contributed by atoms with Crippen molar-refractivity contribution in [1.29, 1.82) is 0 Å². The summed E-state index contributed by atoms with van der Waals surface area (Å²) in [5, 5.41) is 20.3. The van der Waals surface area contributed by atoms with Gasteiger partial charge in [-0.05, 0) is 25.8 Å². The molecule has 1 aliphatic rings. The van der Waals surface area contributed by atoms with Crippen LogP contribution in [0.25, 0.3) is 0 Å². The maximum Gasteiger partial charge on any atom is 0.308 e. The Balaban J connectivity index is 2.10. The molecule has 26 heavy (non-hydrogen) atoms. The Morgan fingerprint density at radius 1 is 1.38 bits per heavy atom. The van der Waals surface area contributed by atoms with Crippen molar-refractivity contribution in [1.82, 2.24) is 9.80 Å². The SMILES string of the molecule is Cc1cccc(C(=O)N(C)CC(=O)N2CCCC(C(=O)O)C2)c1[N+](=O)[O-]. The van der Waals surface area contributed by atoms with E-state index in [-0.39, 0.29) is 30.2 Å². The zero-order valence-electron chi connectivity index (χ0n) is 14.7. The van der Waals surface area contributed by atoms with E-state index in [1.807, 2.05) is 0 Å². The van der Waals surface area contributed by atoms with Crippen LogP contribution in [0.15, 0.2) is 18.2 Å². The summed E-state index contributed by atoms with van der Waals surface area (Å²) in [5.74, 6) is -2.54. The van der Waals surface area contributed by atoms with E-state index < -0.39 is 22.7 Å². The number of rotatable bonds is 5. The quantitative estimate of drug-likeness (QED) is 0.622. The number of carboxylic acid groups (broad SMARTS) is 1. The molecule has 2 rings (SSSR count). The second-order valence-electron chi connectivity index (χ2n) is 6.41. The molecule has 1 unspecified atom stereocenters. The summed E-state index contributed by atoms with van der Waals surface area (Å²) in [6.45, 7) is 1.83. The van der Waals surface area contributed by atoms with Crippen LogP contribution in [0.1, 0.15) is 28.8 Å². The Bertz CT molecular complexity index is 748. The van der Waals surface area contributed by atoms with Crippen LogP contribution in [0.5, 0.6) is 0 Å². The standard InChI is InChI=1S/C17H21N3O6/c1-11-5-3-7-13(15(11)20(25)26)16(22)18(2)10-14(21)19-8-4-6-12(9-19)17(23)24/h3,5,7,12H,4,6,8-10H2,1-2H3,(H,23,24). The molecule has 1 aliphatic heterocycles. The van der Waals surface area contributed by atoms with Crippen LogP contribution in [0, 0.1) is 23.0 Å². The third-order valence-electron chi connectivity index (χ3n) is 4.49. The molecule has 1 atom stereocenters. The van der Waals surface area contributed by atoms with Gasteiger partial charge in [0.15, 0.2) is 0 Å². The smallest absolute Gasteiger partial charge is 0.308 e. The molecule has 1 heterocycles. The average Bonchev–Trinajstić information content (AvgIpc) is 2.60. The number of benzene rings is 1. The maximum absolute atomic E-state index is 12.6. The molecule has 0 aromatic heterocycles. The van der Waals surface area contributed by atoms with E-state index in [9.17, 15) is 24.5 Å². The summed E-state index contributed by atoms with van der Waals surface area (Å²) in [6, 6.07) is 4.45. The molecule has 0 bridgehead atoms. The molecule has 0 spiro atoms. The first-order valence-corrected chi connectivity index (χ1v) is 8.22. The van der Waals surface area contributed by atoms with Gasteiger partial charge in [-0.3, -0.25) is 24.5 Å². The van der Waals surface area contributed by atoms with Gasteiger partial charge in [-0.15, -0.1) is 0 Å². The fourth-order valence-electron chi connectivity index (χ4n) is 3.06. The molecule has 0 radical (unpaired) electrons. The topological polar surface area (TPSA) is 121 Å². The van der Waals surface area contributed by atoms with Gasteiger partial charge >= 0.3 is 5.97 Å². The van der Waals surface area contributed by atoms with Gasteiger partial charge in [0.25, 0.3) is 11.6 Å². The monoisotopic (exact) mass is 363 g/mol. The molecule has 1 aromatic rings. The number of carboxylic acids is 1. The van der Waals surface area contributed by atoms with E-state index in [0.29, 0.717) is 24.9 Å². The number of nitrogens with zero attached hydrogens (tertiary/aromatic N) is 3. The lowest BCUT2D eigenvalue weighted by Crippen LogP contribution is -2.47. The molecule has 0 aliphatic carbocycles. The number of nitro benzene ring substituents is 1. The van der Waals surface area contributed by atoms with Gasteiger partial charge in [0.1, 0.15) is 5.56 Å². The number of likely N-dealkylation sites (tertiary alicyclic amines) is 1. The lowest BCUT2D eigenvalue weighted by Gasteiger charge is -2.32. The molecule has 1 N–H and O–H groups in total. The minimum absolute atomic E-state index is 0.0765. The number of para-hydroxylation sites is 1. The van der Waals surface area contributed by atoms with Crippen LogP contribution in [-0.4, -0.2) is 64.3 Å². The predicted octanol–water partition coefficient (Wildman–Crippen LogP) is 1.30. The van der Waals surface area contributed by atoms with Gasteiger partial charge in [0.05, 0.1) is 17.4 Å². The number of piperidine rings is 1. The molecule has 140 valence electrons. The van der Waals surface area contributed by atoms with Gasteiger partial charge in [-0.1, -0.05) is 12.1 Å². The fourth-order valence-corrected chi connectivity index (χ4v) is 3.06. The number of nitro groups is 1. The largest absolute Gasteiger partial charge is 0.481 e. The average molecular weight is 363 g/mol. The number of hydrogen-bond acceptors (Lipinski definition) is 5. The van der Waals surface area contributed by atoms with Crippen LogP contribution in [-0.2, 0) is 9.59 Å². The molecule has 2 amide bonds. The number of likely N-dealkylation sites (N-methyl/N-ethyl adjacent to an activating group) is 1. The first-order chi connectivity index (χ1) is 12.2. The highest BCUT2D eigenvalue weighted by atomic mass is 16.6. The van der Waals surface area contributed by atoms with Gasteiger partial charge in [-0.2, -0.15) is 0 Å². The molecule has 1 saturated heterocycles. The van der Waals surface area contributed by atoms with Crippen molar-refractivity contribution >= 4 is 23.5 Å². The number of hydrogen-bond donors (Lipinski definition) is 1. The van der Waals surface area contributed by atoms with Gasteiger partial charge < -0.3 is 14.9 Å².